The monoisotopic (exact) mass is 245 g/mol. The number of hydrogen-bond donors (Lipinski definition) is 0. The summed E-state index contributed by atoms with van der Waals surface area (Å²) in [6, 6.07) is 8.06. The van der Waals surface area contributed by atoms with Crippen LogP contribution in [0.1, 0.15) is 5.56 Å². The molecular formula is C13H15NO2Si. The van der Waals surface area contributed by atoms with Gasteiger partial charge in [-0.2, -0.15) is 0 Å². The van der Waals surface area contributed by atoms with Crippen LogP contribution in [0.5, 0.6) is 0 Å². The van der Waals surface area contributed by atoms with Crippen LogP contribution in [0.4, 0.5) is 0 Å². The summed E-state index contributed by atoms with van der Waals surface area (Å²) in [5.74, 6) is -0.375. The first-order valence-corrected chi connectivity index (χ1v) is 8.51. The molecule has 0 saturated carbocycles. The highest BCUT2D eigenvalue weighted by atomic mass is 28.3. The van der Waals surface area contributed by atoms with Crippen LogP contribution >= 0.6 is 0 Å². The summed E-state index contributed by atoms with van der Waals surface area (Å²) in [7, 11) is -2.22. The molecular weight excluding hydrogens is 230 g/mol. The van der Waals surface area contributed by atoms with Gasteiger partial charge in [-0.25, -0.2) is 0 Å². The standard InChI is InChI=1S/C13H15NO2Si/c1-10-4-6-11(7-5-10)17(2,3)14-12(15)8-9-13(14)16/h4-9H,1-3H3. The normalized spacial score (nSPS) is 15.8. The molecule has 2 rings (SSSR count). The summed E-state index contributed by atoms with van der Waals surface area (Å²) in [5, 5.41) is 1.09. The van der Waals surface area contributed by atoms with Gasteiger partial charge in [0, 0.05) is 12.2 Å². The Bertz CT molecular complexity index is 485. The minimum Gasteiger partial charge on any atom is -0.301 e. The van der Waals surface area contributed by atoms with Gasteiger partial charge in [0.2, 0.25) is 11.8 Å². The lowest BCUT2D eigenvalue weighted by Crippen LogP contribution is -2.60. The zero-order chi connectivity index (χ0) is 12.6. The molecule has 0 radical (unpaired) electrons. The minimum atomic E-state index is -2.22. The Hall–Kier alpha value is -1.68. The number of amides is 2. The molecule has 0 fully saturated rings. The molecule has 17 heavy (non-hydrogen) atoms. The van der Waals surface area contributed by atoms with Crippen LogP contribution < -0.4 is 5.19 Å². The van der Waals surface area contributed by atoms with Crippen molar-refractivity contribution in [3.63, 3.8) is 0 Å². The van der Waals surface area contributed by atoms with Crippen molar-refractivity contribution in [2.75, 3.05) is 0 Å². The molecule has 1 aromatic rings. The van der Waals surface area contributed by atoms with E-state index in [1.54, 1.807) is 0 Å². The van der Waals surface area contributed by atoms with Crippen molar-refractivity contribution in [3.8, 4) is 0 Å². The molecule has 1 heterocycles. The van der Waals surface area contributed by atoms with Crippen LogP contribution in [0.2, 0.25) is 13.1 Å². The van der Waals surface area contributed by atoms with Crippen molar-refractivity contribution in [2.45, 2.75) is 20.0 Å². The Morgan fingerprint density at radius 2 is 1.41 bits per heavy atom. The van der Waals surface area contributed by atoms with Gasteiger partial charge in [0.25, 0.3) is 0 Å². The molecule has 1 aliphatic rings. The van der Waals surface area contributed by atoms with E-state index in [2.05, 4.69) is 0 Å². The van der Waals surface area contributed by atoms with Crippen molar-refractivity contribution in [1.82, 2.24) is 4.57 Å². The molecule has 3 nitrogen and oxygen atoms in total. The Balaban J connectivity index is 2.39. The zero-order valence-electron chi connectivity index (χ0n) is 10.2. The molecule has 88 valence electrons. The van der Waals surface area contributed by atoms with E-state index in [-0.39, 0.29) is 11.8 Å². The predicted octanol–water partition coefficient (Wildman–Crippen LogP) is 1.33. The lowest BCUT2D eigenvalue weighted by atomic mass is 10.2. The number of rotatable bonds is 2. The van der Waals surface area contributed by atoms with Crippen molar-refractivity contribution in [3.05, 3.63) is 42.0 Å². The molecule has 1 aliphatic heterocycles. The average Bonchev–Trinajstić information content (AvgIpc) is 2.59. The molecule has 0 spiro atoms. The summed E-state index contributed by atoms with van der Waals surface area (Å²) in [5.41, 5.74) is 1.18. The Morgan fingerprint density at radius 1 is 0.941 bits per heavy atom. The van der Waals surface area contributed by atoms with E-state index in [1.165, 1.54) is 22.3 Å². The van der Waals surface area contributed by atoms with E-state index < -0.39 is 8.24 Å². The predicted molar refractivity (Wildman–Crippen MR) is 69.3 cm³/mol. The fraction of sp³-hybridized carbons (Fsp3) is 0.231. The maximum atomic E-state index is 11.7. The number of nitrogens with zero attached hydrogens (tertiary/aromatic N) is 1. The van der Waals surface area contributed by atoms with Crippen molar-refractivity contribution in [2.24, 2.45) is 0 Å². The minimum absolute atomic E-state index is 0.188. The molecule has 0 saturated heterocycles. The van der Waals surface area contributed by atoms with E-state index in [0.717, 1.165) is 5.19 Å². The maximum Gasteiger partial charge on any atom is 0.245 e. The van der Waals surface area contributed by atoms with E-state index >= 15 is 0 Å². The van der Waals surface area contributed by atoms with Crippen molar-refractivity contribution in [1.29, 1.82) is 0 Å². The highest BCUT2D eigenvalue weighted by Gasteiger charge is 2.40. The third-order valence-electron chi connectivity index (χ3n) is 3.13. The van der Waals surface area contributed by atoms with E-state index in [1.807, 2.05) is 44.3 Å². The smallest absolute Gasteiger partial charge is 0.245 e. The lowest BCUT2D eigenvalue weighted by Gasteiger charge is -2.32. The van der Waals surface area contributed by atoms with Gasteiger partial charge in [-0.3, -0.25) is 9.59 Å². The maximum absolute atomic E-state index is 11.7. The number of hydrogen-bond acceptors (Lipinski definition) is 2. The van der Waals surface area contributed by atoms with Crippen molar-refractivity contribution < 1.29 is 9.59 Å². The first kappa shape index (κ1) is 11.8. The summed E-state index contributed by atoms with van der Waals surface area (Å²) >= 11 is 0. The largest absolute Gasteiger partial charge is 0.301 e. The second-order valence-electron chi connectivity index (χ2n) is 4.77. The second kappa shape index (κ2) is 3.96. The number of carbonyl (C=O) groups is 2. The topological polar surface area (TPSA) is 37.4 Å². The highest BCUT2D eigenvalue weighted by Crippen LogP contribution is 2.16. The summed E-state index contributed by atoms with van der Waals surface area (Å²) in [6.07, 6.45) is 2.70. The first-order valence-electron chi connectivity index (χ1n) is 5.56. The SMILES string of the molecule is Cc1ccc([Si](C)(C)N2C(=O)C=CC2=O)cc1. The van der Waals surface area contributed by atoms with Crippen LogP contribution in [-0.4, -0.2) is 24.6 Å². The zero-order valence-corrected chi connectivity index (χ0v) is 11.2. The van der Waals surface area contributed by atoms with Gasteiger partial charge in [-0.05, 0) is 25.2 Å². The number of aryl methyl sites for hydroxylation is 1. The molecule has 0 atom stereocenters. The van der Waals surface area contributed by atoms with Crippen LogP contribution in [0.3, 0.4) is 0 Å². The Kier molecular flexibility index (Phi) is 2.75. The summed E-state index contributed by atoms with van der Waals surface area (Å²) in [4.78, 5) is 23.4. The van der Waals surface area contributed by atoms with Gasteiger partial charge in [-0.1, -0.05) is 29.8 Å². The quantitative estimate of drug-likeness (QED) is 0.582. The van der Waals surface area contributed by atoms with Gasteiger partial charge < -0.3 is 4.57 Å². The molecule has 0 bridgehead atoms. The summed E-state index contributed by atoms with van der Waals surface area (Å²) in [6.45, 7) is 6.05. The second-order valence-corrected chi connectivity index (χ2v) is 8.91. The van der Waals surface area contributed by atoms with Gasteiger partial charge in [0.05, 0.1) is 0 Å². The van der Waals surface area contributed by atoms with Crippen molar-refractivity contribution >= 4 is 25.2 Å². The number of imide groups is 1. The van der Waals surface area contributed by atoms with Crippen LogP contribution in [0, 0.1) is 6.92 Å². The molecule has 4 heteroatoms. The van der Waals surface area contributed by atoms with Gasteiger partial charge in [0.15, 0.2) is 8.24 Å². The Labute approximate surface area is 102 Å². The third kappa shape index (κ3) is 1.96. The molecule has 0 aromatic heterocycles. The van der Waals surface area contributed by atoms with E-state index in [9.17, 15) is 9.59 Å². The van der Waals surface area contributed by atoms with Crippen LogP contribution in [-0.2, 0) is 9.59 Å². The molecule has 1 aromatic carbocycles. The number of carbonyl (C=O) groups excluding carboxylic acids is 2. The van der Waals surface area contributed by atoms with Gasteiger partial charge in [-0.15, -0.1) is 0 Å². The van der Waals surface area contributed by atoms with Crippen LogP contribution in [0.15, 0.2) is 36.4 Å². The highest BCUT2D eigenvalue weighted by molar-refractivity contribution is 6.91. The fourth-order valence-electron chi connectivity index (χ4n) is 2.04. The summed E-state index contributed by atoms with van der Waals surface area (Å²) < 4.78 is 1.43. The first-order chi connectivity index (χ1) is 7.93. The van der Waals surface area contributed by atoms with Gasteiger partial charge >= 0.3 is 0 Å². The average molecular weight is 245 g/mol. The lowest BCUT2D eigenvalue weighted by molar-refractivity contribution is -0.131. The molecule has 0 N–H and O–H groups in total. The van der Waals surface area contributed by atoms with Crippen LogP contribution in [0.25, 0.3) is 0 Å². The van der Waals surface area contributed by atoms with E-state index in [0.29, 0.717) is 0 Å². The molecule has 0 aliphatic carbocycles. The fourth-order valence-corrected chi connectivity index (χ4v) is 4.53. The molecule has 2 amide bonds. The Morgan fingerprint density at radius 3 is 1.88 bits per heavy atom. The number of benzene rings is 1. The van der Waals surface area contributed by atoms with E-state index in [4.69, 9.17) is 0 Å². The van der Waals surface area contributed by atoms with Gasteiger partial charge in [0.1, 0.15) is 0 Å². The molecule has 0 unspecified atom stereocenters. The third-order valence-corrected chi connectivity index (χ3v) is 6.43.